The van der Waals surface area contributed by atoms with Crippen molar-refractivity contribution in [3.05, 3.63) is 48.6 Å². The van der Waals surface area contributed by atoms with Gasteiger partial charge in [0, 0.05) is 12.8 Å². The second-order valence-corrected chi connectivity index (χ2v) is 12.6. The zero-order chi connectivity index (χ0) is 33.8. The number of carbonyl (C=O) groups excluding carboxylic acids is 2. The van der Waals surface area contributed by atoms with Gasteiger partial charge >= 0.3 is 11.9 Å². The Bertz CT molecular complexity index is 798. The van der Waals surface area contributed by atoms with Gasteiger partial charge in [0.05, 0.1) is 6.10 Å². The highest BCUT2D eigenvalue weighted by Gasteiger charge is 2.12. The first-order chi connectivity index (χ1) is 22.5. The lowest BCUT2D eigenvalue weighted by Gasteiger charge is -2.12. The van der Waals surface area contributed by atoms with Crippen molar-refractivity contribution >= 4 is 11.9 Å². The summed E-state index contributed by atoms with van der Waals surface area (Å²) in [5.74, 6) is -0.644. The van der Waals surface area contributed by atoms with Crippen LogP contribution in [0.2, 0.25) is 0 Å². The molecular formula is C40H70O6. The number of hydrogen-bond donors (Lipinski definition) is 2. The predicted molar refractivity (Wildman–Crippen MR) is 193 cm³/mol. The van der Waals surface area contributed by atoms with Crippen LogP contribution < -0.4 is 0 Å². The number of aliphatic hydroxyl groups excluding tert-OH is 2. The molecule has 6 nitrogen and oxygen atoms in total. The lowest BCUT2D eigenvalue weighted by atomic mass is 10.0. The number of carbonyl (C=O) groups is 2. The first-order valence-electron chi connectivity index (χ1n) is 18.7. The molecule has 0 saturated heterocycles. The van der Waals surface area contributed by atoms with Crippen molar-refractivity contribution in [1.29, 1.82) is 0 Å². The SMILES string of the molecule is CCCCCCCCCCCCCCCCC(=O)OC[C@@H](O)COC(=O)CCC/C=C\C/C=C\C/C=C\C/C=C\CCC[C@@H](C)O. The number of esters is 2. The van der Waals surface area contributed by atoms with Gasteiger partial charge in [0.2, 0.25) is 0 Å². The number of unbranched alkanes of at least 4 members (excludes halogenated alkanes) is 15. The molecule has 0 unspecified atom stereocenters. The molecule has 0 rings (SSSR count). The van der Waals surface area contributed by atoms with E-state index in [1.54, 1.807) is 0 Å². The fraction of sp³-hybridized carbons (Fsp3) is 0.750. The van der Waals surface area contributed by atoms with Crippen LogP contribution in [0.5, 0.6) is 0 Å². The lowest BCUT2D eigenvalue weighted by molar-refractivity contribution is -0.152. The minimum atomic E-state index is -0.992. The van der Waals surface area contributed by atoms with Gasteiger partial charge in [-0.05, 0) is 64.7 Å². The minimum absolute atomic E-state index is 0.140. The highest BCUT2D eigenvalue weighted by Crippen LogP contribution is 2.13. The number of ether oxygens (including phenoxy) is 2. The predicted octanol–water partition coefficient (Wildman–Crippen LogP) is 10.4. The molecule has 266 valence electrons. The van der Waals surface area contributed by atoms with E-state index in [2.05, 4.69) is 55.5 Å². The molecule has 0 aromatic carbocycles. The van der Waals surface area contributed by atoms with E-state index >= 15 is 0 Å². The summed E-state index contributed by atoms with van der Waals surface area (Å²) in [7, 11) is 0. The van der Waals surface area contributed by atoms with Crippen LogP contribution in [0.1, 0.15) is 168 Å². The van der Waals surface area contributed by atoms with Crippen LogP contribution in [0.25, 0.3) is 0 Å². The molecule has 0 radical (unpaired) electrons. The number of hydrogen-bond acceptors (Lipinski definition) is 6. The van der Waals surface area contributed by atoms with E-state index in [1.165, 1.54) is 70.6 Å². The van der Waals surface area contributed by atoms with Gasteiger partial charge in [-0.1, -0.05) is 139 Å². The maximum atomic E-state index is 11.9. The highest BCUT2D eigenvalue weighted by atomic mass is 16.6. The Hall–Kier alpha value is -2.18. The molecule has 0 aliphatic carbocycles. The van der Waals surface area contributed by atoms with E-state index < -0.39 is 6.10 Å². The van der Waals surface area contributed by atoms with Crippen LogP contribution >= 0.6 is 0 Å². The third kappa shape index (κ3) is 36.3. The molecule has 2 N–H and O–H groups in total. The van der Waals surface area contributed by atoms with Gasteiger partial charge in [0.25, 0.3) is 0 Å². The van der Waals surface area contributed by atoms with Crippen molar-refractivity contribution in [3.8, 4) is 0 Å². The Labute approximate surface area is 282 Å². The maximum Gasteiger partial charge on any atom is 0.305 e. The summed E-state index contributed by atoms with van der Waals surface area (Å²) in [5, 5.41) is 19.2. The molecule has 0 aliphatic rings. The highest BCUT2D eigenvalue weighted by molar-refractivity contribution is 5.69. The summed E-state index contributed by atoms with van der Waals surface area (Å²) < 4.78 is 10.3. The molecule has 0 amide bonds. The summed E-state index contributed by atoms with van der Waals surface area (Å²) >= 11 is 0. The average Bonchev–Trinajstić information content (AvgIpc) is 3.04. The molecule has 6 heteroatoms. The monoisotopic (exact) mass is 647 g/mol. The Balaban J connectivity index is 3.55. The van der Waals surface area contributed by atoms with E-state index in [1.807, 2.05) is 6.92 Å². The molecule has 46 heavy (non-hydrogen) atoms. The summed E-state index contributed by atoms with van der Waals surface area (Å²) in [6.45, 7) is 3.80. The Morgan fingerprint density at radius 1 is 0.522 bits per heavy atom. The maximum absolute atomic E-state index is 11.9. The van der Waals surface area contributed by atoms with Crippen LogP contribution in [0, 0.1) is 0 Å². The number of rotatable bonds is 33. The van der Waals surface area contributed by atoms with E-state index in [0.717, 1.165) is 64.2 Å². The molecule has 0 aliphatic heterocycles. The second kappa shape index (κ2) is 35.7. The Morgan fingerprint density at radius 3 is 1.33 bits per heavy atom. The normalized spacial score (nSPS) is 13.4. The summed E-state index contributed by atoms with van der Waals surface area (Å²) in [6, 6.07) is 0. The molecule has 2 atom stereocenters. The zero-order valence-corrected chi connectivity index (χ0v) is 29.7. The van der Waals surface area contributed by atoms with Crippen LogP contribution in [0.4, 0.5) is 0 Å². The fourth-order valence-corrected chi connectivity index (χ4v) is 4.98. The van der Waals surface area contributed by atoms with Crippen molar-refractivity contribution in [2.45, 2.75) is 180 Å². The molecule has 0 aromatic heterocycles. The van der Waals surface area contributed by atoms with Crippen LogP contribution in [0.3, 0.4) is 0 Å². The quantitative estimate of drug-likeness (QED) is 0.0419. The molecule has 0 aromatic rings. The van der Waals surface area contributed by atoms with Gasteiger partial charge in [-0.2, -0.15) is 0 Å². The van der Waals surface area contributed by atoms with Crippen LogP contribution in [-0.2, 0) is 19.1 Å². The zero-order valence-electron chi connectivity index (χ0n) is 29.7. The first kappa shape index (κ1) is 43.8. The summed E-state index contributed by atoms with van der Waals surface area (Å²) in [5.41, 5.74) is 0. The standard InChI is InChI=1S/C40H70O6/c1-3-4-5-6-7-8-9-10-15-18-21-24-27-30-33-39(43)45-35-38(42)36-46-40(44)34-31-28-25-22-19-16-13-11-12-14-17-20-23-26-29-32-37(2)41/h12-14,16,20,22-23,25,37-38,41-42H,3-11,15,17-19,21,24,26-36H2,1-2H3/b14-12-,16-13-,23-20-,25-22-/t37-,38-/m1/s1. The van der Waals surface area contributed by atoms with Crippen molar-refractivity contribution in [1.82, 2.24) is 0 Å². The van der Waals surface area contributed by atoms with E-state index in [-0.39, 0.29) is 31.3 Å². The largest absolute Gasteiger partial charge is 0.463 e. The van der Waals surface area contributed by atoms with Gasteiger partial charge in [0.15, 0.2) is 0 Å². The molecular weight excluding hydrogens is 576 g/mol. The minimum Gasteiger partial charge on any atom is -0.463 e. The lowest BCUT2D eigenvalue weighted by Crippen LogP contribution is -2.25. The van der Waals surface area contributed by atoms with E-state index in [4.69, 9.17) is 9.47 Å². The smallest absolute Gasteiger partial charge is 0.305 e. The van der Waals surface area contributed by atoms with E-state index in [0.29, 0.717) is 19.3 Å². The van der Waals surface area contributed by atoms with E-state index in [9.17, 15) is 19.8 Å². The fourth-order valence-electron chi connectivity index (χ4n) is 4.98. The van der Waals surface area contributed by atoms with Gasteiger partial charge in [-0.15, -0.1) is 0 Å². The number of aliphatic hydroxyl groups is 2. The van der Waals surface area contributed by atoms with Gasteiger partial charge in [-0.3, -0.25) is 9.59 Å². The third-order valence-corrected chi connectivity index (χ3v) is 7.84. The third-order valence-electron chi connectivity index (χ3n) is 7.84. The van der Waals surface area contributed by atoms with Gasteiger partial charge in [-0.25, -0.2) is 0 Å². The van der Waals surface area contributed by atoms with Crippen LogP contribution in [-0.4, -0.2) is 47.6 Å². The second-order valence-electron chi connectivity index (χ2n) is 12.6. The average molecular weight is 647 g/mol. The van der Waals surface area contributed by atoms with Crippen molar-refractivity contribution in [2.75, 3.05) is 13.2 Å². The van der Waals surface area contributed by atoms with Crippen molar-refractivity contribution in [3.63, 3.8) is 0 Å². The van der Waals surface area contributed by atoms with Gasteiger partial charge in [0.1, 0.15) is 19.3 Å². The summed E-state index contributed by atoms with van der Waals surface area (Å²) in [6.07, 6.45) is 41.5. The Kier molecular flexibility index (Phi) is 34.0. The van der Waals surface area contributed by atoms with Crippen molar-refractivity contribution < 1.29 is 29.3 Å². The topological polar surface area (TPSA) is 93.1 Å². The summed E-state index contributed by atoms with van der Waals surface area (Å²) in [4.78, 5) is 23.9. The molecule has 0 spiro atoms. The van der Waals surface area contributed by atoms with Gasteiger partial charge < -0.3 is 19.7 Å². The molecule has 0 fully saturated rings. The van der Waals surface area contributed by atoms with Crippen LogP contribution in [0.15, 0.2) is 48.6 Å². The number of allylic oxidation sites excluding steroid dienone is 8. The molecule has 0 heterocycles. The Morgan fingerprint density at radius 2 is 0.891 bits per heavy atom. The first-order valence-corrected chi connectivity index (χ1v) is 18.7. The molecule has 0 saturated carbocycles. The van der Waals surface area contributed by atoms with Crippen molar-refractivity contribution in [2.24, 2.45) is 0 Å². The molecule has 0 bridgehead atoms.